The molecule has 39 heavy (non-hydrogen) atoms. The summed E-state index contributed by atoms with van der Waals surface area (Å²) in [4.78, 5) is 35.9. The summed E-state index contributed by atoms with van der Waals surface area (Å²) in [6.07, 6.45) is 0. The van der Waals surface area contributed by atoms with Crippen LogP contribution in [0.15, 0.2) is 72.3 Å². The first kappa shape index (κ1) is 25.8. The molecular formula is C30H29N3O6. The number of rotatable bonds is 8. The molecule has 0 saturated carbocycles. The number of hydrogen-bond acceptors (Lipinski definition) is 7. The number of carbonyl (C=O) groups is 2. The van der Waals surface area contributed by atoms with Gasteiger partial charge in [0.1, 0.15) is 23.0 Å². The quantitative estimate of drug-likeness (QED) is 0.183. The maximum absolute atomic E-state index is 13.5. The molecule has 1 unspecified atom stereocenters. The average molecular weight is 528 g/mol. The third kappa shape index (κ3) is 4.90. The first-order chi connectivity index (χ1) is 18.8. The third-order valence-electron chi connectivity index (χ3n) is 6.47. The molecule has 4 aromatic rings. The summed E-state index contributed by atoms with van der Waals surface area (Å²) < 4.78 is 16.4. The fourth-order valence-electron chi connectivity index (χ4n) is 4.52. The van der Waals surface area contributed by atoms with Crippen LogP contribution in [0, 0.1) is 5.92 Å². The summed E-state index contributed by atoms with van der Waals surface area (Å²) >= 11 is 0. The smallest absolute Gasteiger partial charge is 0.302 e. The van der Waals surface area contributed by atoms with Crippen molar-refractivity contribution in [2.45, 2.75) is 19.9 Å². The van der Waals surface area contributed by atoms with Crippen LogP contribution in [-0.2, 0) is 9.59 Å². The fourth-order valence-corrected chi connectivity index (χ4v) is 4.52. The lowest BCUT2D eigenvalue weighted by Gasteiger charge is -2.23. The van der Waals surface area contributed by atoms with Gasteiger partial charge in [0, 0.05) is 11.6 Å². The van der Waals surface area contributed by atoms with Crippen molar-refractivity contribution in [1.29, 1.82) is 0 Å². The Morgan fingerprint density at radius 3 is 2.36 bits per heavy atom. The number of nitrogens with zero attached hydrogens (tertiary/aromatic N) is 2. The number of anilines is 1. The number of aliphatic hydroxyl groups is 1. The van der Waals surface area contributed by atoms with Gasteiger partial charge in [-0.15, -0.1) is 0 Å². The summed E-state index contributed by atoms with van der Waals surface area (Å²) in [6.45, 7) is 4.66. The van der Waals surface area contributed by atoms with E-state index in [1.54, 1.807) is 73.8 Å². The van der Waals surface area contributed by atoms with E-state index < -0.39 is 17.7 Å². The first-order valence-electron chi connectivity index (χ1n) is 12.5. The van der Waals surface area contributed by atoms with Gasteiger partial charge in [0.05, 0.1) is 43.5 Å². The zero-order chi connectivity index (χ0) is 27.7. The van der Waals surface area contributed by atoms with Gasteiger partial charge in [-0.05, 0) is 60.0 Å². The number of carbonyl (C=O) groups excluding carboxylic acids is 2. The lowest BCUT2D eigenvalue weighted by molar-refractivity contribution is -0.132. The molecule has 1 aliphatic heterocycles. The van der Waals surface area contributed by atoms with Crippen molar-refractivity contribution in [2.24, 2.45) is 5.92 Å². The summed E-state index contributed by atoms with van der Waals surface area (Å²) in [5.74, 6) is 0.398. The van der Waals surface area contributed by atoms with Gasteiger partial charge in [-0.25, -0.2) is 4.98 Å². The highest BCUT2D eigenvalue weighted by Crippen LogP contribution is 2.42. The van der Waals surface area contributed by atoms with Crippen LogP contribution in [0.4, 0.5) is 5.95 Å². The summed E-state index contributed by atoms with van der Waals surface area (Å²) in [7, 11) is 3.09. The van der Waals surface area contributed by atoms with Crippen molar-refractivity contribution in [3.05, 3.63) is 83.4 Å². The van der Waals surface area contributed by atoms with E-state index in [-0.39, 0.29) is 17.3 Å². The molecule has 0 spiro atoms. The van der Waals surface area contributed by atoms with E-state index in [0.717, 1.165) is 0 Å². The number of hydrogen-bond donors (Lipinski definition) is 2. The van der Waals surface area contributed by atoms with Gasteiger partial charge in [-0.1, -0.05) is 26.0 Å². The summed E-state index contributed by atoms with van der Waals surface area (Å²) in [5.41, 5.74) is 2.13. The molecule has 200 valence electrons. The Kier molecular flexibility index (Phi) is 6.98. The predicted octanol–water partition coefficient (Wildman–Crippen LogP) is 5.24. The first-order valence-corrected chi connectivity index (χ1v) is 12.5. The van der Waals surface area contributed by atoms with Crippen LogP contribution in [0.2, 0.25) is 0 Å². The molecule has 3 aromatic carbocycles. The van der Waals surface area contributed by atoms with Crippen LogP contribution < -0.4 is 19.1 Å². The monoisotopic (exact) mass is 527 g/mol. The lowest BCUT2D eigenvalue weighted by Crippen LogP contribution is -2.30. The molecule has 1 fully saturated rings. The molecule has 0 bridgehead atoms. The molecule has 5 rings (SSSR count). The Morgan fingerprint density at radius 1 is 0.974 bits per heavy atom. The maximum atomic E-state index is 13.5. The molecule has 2 N–H and O–H groups in total. The molecule has 2 heterocycles. The fraction of sp³-hybridized carbons (Fsp3) is 0.233. The number of aliphatic hydroxyl groups excluding tert-OH is 1. The van der Waals surface area contributed by atoms with Gasteiger partial charge in [-0.2, -0.15) is 0 Å². The van der Waals surface area contributed by atoms with Crippen molar-refractivity contribution in [1.82, 2.24) is 9.97 Å². The number of ketones is 1. The molecule has 0 radical (unpaired) electrons. The normalized spacial score (nSPS) is 16.7. The minimum absolute atomic E-state index is 0.0536. The van der Waals surface area contributed by atoms with E-state index in [4.69, 9.17) is 14.2 Å². The van der Waals surface area contributed by atoms with E-state index in [1.807, 2.05) is 0 Å². The second-order valence-electron chi connectivity index (χ2n) is 9.62. The van der Waals surface area contributed by atoms with Crippen LogP contribution in [0.25, 0.3) is 16.8 Å². The summed E-state index contributed by atoms with van der Waals surface area (Å²) in [6, 6.07) is 18.1. The van der Waals surface area contributed by atoms with E-state index in [1.165, 1.54) is 12.0 Å². The Hall–Kier alpha value is -4.79. The van der Waals surface area contributed by atoms with Crippen molar-refractivity contribution in [2.75, 3.05) is 25.7 Å². The van der Waals surface area contributed by atoms with Crippen LogP contribution in [0.1, 0.15) is 31.0 Å². The number of nitrogens with one attached hydrogen (secondary N) is 1. The maximum Gasteiger partial charge on any atom is 0.302 e. The highest BCUT2D eigenvalue weighted by molar-refractivity contribution is 6.51. The van der Waals surface area contributed by atoms with Crippen molar-refractivity contribution in [3.63, 3.8) is 0 Å². The number of methoxy groups -OCH3 is 2. The molecule has 1 saturated heterocycles. The van der Waals surface area contributed by atoms with E-state index in [0.29, 0.717) is 51.9 Å². The van der Waals surface area contributed by atoms with Crippen LogP contribution in [0.3, 0.4) is 0 Å². The lowest BCUT2D eigenvalue weighted by atomic mass is 9.95. The number of ether oxygens (including phenoxy) is 3. The topological polar surface area (TPSA) is 114 Å². The Bertz CT molecular complexity index is 1570. The summed E-state index contributed by atoms with van der Waals surface area (Å²) in [5, 5.41) is 11.4. The number of H-pyrrole nitrogens is 1. The molecule has 1 aliphatic rings. The van der Waals surface area contributed by atoms with Crippen molar-refractivity contribution in [3.8, 4) is 17.2 Å². The number of aromatic amines is 1. The van der Waals surface area contributed by atoms with Gasteiger partial charge in [-0.3, -0.25) is 14.5 Å². The Morgan fingerprint density at radius 2 is 1.67 bits per heavy atom. The van der Waals surface area contributed by atoms with E-state index >= 15 is 0 Å². The standard InChI is InChI=1S/C30H29N3O6/c1-17(2)16-39-20-10-8-18(9-11-20)27(34)25-26(19-6-5-7-21(14-19)37-3)33(29(36)28(25)35)30-31-23-13-12-22(38-4)15-24(23)32-30/h5-15,17,26,34H,16H2,1-4H3,(H,31,32)/b27-25+. The van der Waals surface area contributed by atoms with Crippen LogP contribution in [-0.4, -0.2) is 47.6 Å². The number of aromatic nitrogens is 2. The predicted molar refractivity (Wildman–Crippen MR) is 147 cm³/mol. The molecule has 1 aromatic heterocycles. The molecule has 1 amide bonds. The highest BCUT2D eigenvalue weighted by Gasteiger charge is 2.48. The molecular weight excluding hydrogens is 498 g/mol. The van der Waals surface area contributed by atoms with Gasteiger partial charge < -0.3 is 24.3 Å². The zero-order valence-corrected chi connectivity index (χ0v) is 22.1. The minimum atomic E-state index is -0.959. The second kappa shape index (κ2) is 10.5. The number of imidazole rings is 1. The van der Waals surface area contributed by atoms with E-state index in [2.05, 4.69) is 23.8 Å². The largest absolute Gasteiger partial charge is 0.507 e. The average Bonchev–Trinajstić information content (AvgIpc) is 3.49. The van der Waals surface area contributed by atoms with Crippen LogP contribution in [0.5, 0.6) is 17.2 Å². The van der Waals surface area contributed by atoms with Gasteiger partial charge >= 0.3 is 5.91 Å². The van der Waals surface area contributed by atoms with Crippen molar-refractivity contribution >= 4 is 34.4 Å². The van der Waals surface area contributed by atoms with Gasteiger partial charge in [0.2, 0.25) is 5.95 Å². The van der Waals surface area contributed by atoms with Gasteiger partial charge in [0.15, 0.2) is 0 Å². The van der Waals surface area contributed by atoms with Crippen LogP contribution >= 0.6 is 0 Å². The number of fused-ring (bicyclic) bond motifs is 1. The molecule has 0 aliphatic carbocycles. The molecule has 1 atom stereocenters. The number of amides is 1. The molecule has 9 heteroatoms. The number of Topliss-reactive ketones (excluding diaryl/α,β-unsaturated/α-hetero) is 1. The Labute approximate surface area is 225 Å². The van der Waals surface area contributed by atoms with Crippen molar-refractivity contribution < 1.29 is 28.9 Å². The van der Waals surface area contributed by atoms with Gasteiger partial charge in [0.25, 0.3) is 5.78 Å². The molecule has 9 nitrogen and oxygen atoms in total. The third-order valence-corrected chi connectivity index (χ3v) is 6.47. The Balaban J connectivity index is 1.63. The SMILES string of the molecule is COc1cccc(C2/C(=C(\O)c3ccc(OCC(C)C)cc3)C(=O)C(=O)N2c2nc3ccc(OC)cc3[nH]2)c1. The zero-order valence-electron chi connectivity index (χ0n) is 22.1. The minimum Gasteiger partial charge on any atom is -0.507 e. The highest BCUT2D eigenvalue weighted by atomic mass is 16.5. The number of benzene rings is 3. The van der Waals surface area contributed by atoms with E-state index in [9.17, 15) is 14.7 Å². The second-order valence-corrected chi connectivity index (χ2v) is 9.62.